The predicted molar refractivity (Wildman–Crippen MR) is 118 cm³/mol. The van der Waals surface area contributed by atoms with Crippen molar-refractivity contribution < 1.29 is 20.1 Å². The fraction of sp³-hybridized carbons (Fsp3) is 0.476. The molecule has 11 heteroatoms. The lowest BCUT2D eigenvalue weighted by atomic mass is 10.1. The topological polar surface area (TPSA) is 146 Å². The molecule has 1 aromatic carbocycles. The molecule has 32 heavy (non-hydrogen) atoms. The number of aliphatic hydroxyl groups is 3. The summed E-state index contributed by atoms with van der Waals surface area (Å²) in [7, 11) is 0. The first-order chi connectivity index (χ1) is 15.5. The maximum absolute atomic E-state index is 10.4. The van der Waals surface area contributed by atoms with Crippen molar-refractivity contribution in [2.24, 2.45) is 0 Å². The number of hydrogen-bond acceptors (Lipinski definition) is 10. The van der Waals surface area contributed by atoms with Crippen molar-refractivity contribution >= 4 is 28.6 Å². The third-order valence-electron chi connectivity index (χ3n) is 6.19. The molecule has 4 heterocycles. The van der Waals surface area contributed by atoms with Gasteiger partial charge < -0.3 is 35.6 Å². The number of aromatic nitrogens is 4. The molecule has 0 amide bonds. The Morgan fingerprint density at radius 1 is 1.03 bits per heavy atom. The highest BCUT2D eigenvalue weighted by Crippen LogP contribution is 2.33. The third-order valence-corrected chi connectivity index (χ3v) is 6.19. The number of nitrogens with two attached hydrogens (primary N) is 1. The molecule has 4 atom stereocenters. The molecule has 11 nitrogen and oxygen atoms in total. The summed E-state index contributed by atoms with van der Waals surface area (Å²) in [5.41, 5.74) is 9.38. The van der Waals surface area contributed by atoms with Gasteiger partial charge in [-0.05, 0) is 19.1 Å². The van der Waals surface area contributed by atoms with E-state index in [0.29, 0.717) is 17.0 Å². The molecule has 170 valence electrons. The van der Waals surface area contributed by atoms with E-state index in [1.807, 2.05) is 0 Å². The van der Waals surface area contributed by atoms with E-state index in [2.05, 4.69) is 55.9 Å². The number of piperazine rings is 1. The maximum Gasteiger partial charge on any atom is 0.224 e. The molecular formula is C21H27N7O4. The third kappa shape index (κ3) is 3.52. The Morgan fingerprint density at radius 3 is 2.38 bits per heavy atom. The number of nitrogens with zero attached hydrogens (tertiary/aromatic N) is 6. The molecule has 2 aliphatic rings. The van der Waals surface area contributed by atoms with E-state index in [0.717, 1.165) is 26.2 Å². The number of nitrogen functional groups attached to an aromatic ring is 1. The Labute approximate surface area is 184 Å². The highest BCUT2D eigenvalue weighted by Gasteiger charge is 2.44. The average molecular weight is 441 g/mol. The quantitative estimate of drug-likeness (QED) is 0.424. The minimum Gasteiger partial charge on any atom is -0.394 e. The van der Waals surface area contributed by atoms with Gasteiger partial charge in [-0.1, -0.05) is 17.7 Å². The minimum absolute atomic E-state index is 0.0851. The Hall–Kier alpha value is -2.99. The average Bonchev–Trinajstić information content (AvgIpc) is 3.34. The molecule has 0 unspecified atom stereocenters. The second-order valence-corrected chi connectivity index (χ2v) is 8.27. The molecule has 0 aliphatic carbocycles. The second-order valence-electron chi connectivity index (χ2n) is 8.27. The van der Waals surface area contributed by atoms with Gasteiger partial charge in [-0.25, -0.2) is 4.98 Å². The summed E-state index contributed by atoms with van der Waals surface area (Å²) in [4.78, 5) is 17.7. The Balaban J connectivity index is 1.40. The van der Waals surface area contributed by atoms with Gasteiger partial charge in [0.25, 0.3) is 0 Å². The van der Waals surface area contributed by atoms with Gasteiger partial charge in [0.15, 0.2) is 23.2 Å². The Morgan fingerprint density at radius 2 is 1.72 bits per heavy atom. The normalized spacial score (nSPS) is 26.2. The number of fused-ring (bicyclic) bond motifs is 1. The zero-order valence-corrected chi connectivity index (χ0v) is 17.7. The fourth-order valence-electron chi connectivity index (χ4n) is 4.37. The maximum atomic E-state index is 10.4. The summed E-state index contributed by atoms with van der Waals surface area (Å²) in [6.07, 6.45) is -2.78. The molecule has 5 rings (SSSR count). The largest absolute Gasteiger partial charge is 0.394 e. The number of aryl methyl sites for hydroxylation is 1. The van der Waals surface area contributed by atoms with E-state index in [1.165, 1.54) is 22.1 Å². The van der Waals surface area contributed by atoms with Crippen molar-refractivity contribution in [3.05, 3.63) is 36.2 Å². The highest BCUT2D eigenvalue weighted by molar-refractivity contribution is 5.85. The van der Waals surface area contributed by atoms with Crippen LogP contribution in [0, 0.1) is 6.92 Å². The molecule has 3 aromatic rings. The van der Waals surface area contributed by atoms with E-state index in [9.17, 15) is 15.3 Å². The van der Waals surface area contributed by atoms with Crippen molar-refractivity contribution in [2.45, 2.75) is 31.5 Å². The van der Waals surface area contributed by atoms with Crippen LogP contribution < -0.4 is 15.5 Å². The number of hydrogen-bond donors (Lipinski definition) is 4. The molecule has 2 fully saturated rings. The predicted octanol–water partition coefficient (Wildman–Crippen LogP) is -0.345. The van der Waals surface area contributed by atoms with Crippen LogP contribution in [0.4, 0.5) is 17.5 Å². The molecule has 5 N–H and O–H groups in total. The zero-order chi connectivity index (χ0) is 22.4. The van der Waals surface area contributed by atoms with Crippen molar-refractivity contribution in [3.8, 4) is 0 Å². The van der Waals surface area contributed by atoms with Gasteiger partial charge >= 0.3 is 0 Å². The van der Waals surface area contributed by atoms with E-state index >= 15 is 0 Å². The van der Waals surface area contributed by atoms with Crippen LogP contribution >= 0.6 is 0 Å². The van der Waals surface area contributed by atoms with Gasteiger partial charge in [-0.15, -0.1) is 0 Å². The molecule has 0 radical (unpaired) electrons. The molecule has 2 aliphatic heterocycles. The smallest absolute Gasteiger partial charge is 0.224 e. The van der Waals surface area contributed by atoms with Crippen LogP contribution in [0.15, 0.2) is 30.6 Å². The molecule has 0 spiro atoms. The first kappa shape index (κ1) is 20.9. The summed E-state index contributed by atoms with van der Waals surface area (Å²) < 4.78 is 7.17. The van der Waals surface area contributed by atoms with Crippen molar-refractivity contribution in [1.82, 2.24) is 19.5 Å². The Kier molecular flexibility index (Phi) is 5.33. The number of benzene rings is 1. The molecule has 2 aromatic heterocycles. The van der Waals surface area contributed by atoms with Crippen molar-refractivity contribution in [3.63, 3.8) is 0 Å². The number of imidazole rings is 1. The van der Waals surface area contributed by atoms with Gasteiger partial charge in [0.1, 0.15) is 18.3 Å². The van der Waals surface area contributed by atoms with Gasteiger partial charge in [0.05, 0.1) is 12.9 Å². The number of ether oxygens (including phenoxy) is 1. The molecule has 0 bridgehead atoms. The number of rotatable bonds is 4. The molecule has 2 saturated heterocycles. The first-order valence-electron chi connectivity index (χ1n) is 10.7. The zero-order valence-electron chi connectivity index (χ0n) is 17.7. The SMILES string of the molecule is Cc1ccc(N2CCN(c3nc(N)nc4c3ncn4[C@@H]3O[C@H](CO)[C@@H](O)[C@H]3O)CC2)cc1. The standard InChI is InChI=1S/C21H27N7O4/c1-12-2-4-13(5-3-12)26-6-8-27(9-7-26)18-15-19(25-21(22)24-18)28(11-23-15)20-17(31)16(30)14(10-29)32-20/h2-5,11,14,16-17,20,29-31H,6-10H2,1H3,(H2,22,24,25)/t14-,16-,17-,20-/m1/s1. The number of aliphatic hydroxyl groups excluding tert-OH is 3. The van der Waals surface area contributed by atoms with Crippen LogP contribution in [0.1, 0.15) is 11.8 Å². The van der Waals surface area contributed by atoms with Gasteiger partial charge in [-0.2, -0.15) is 9.97 Å². The van der Waals surface area contributed by atoms with Crippen molar-refractivity contribution in [1.29, 1.82) is 0 Å². The summed E-state index contributed by atoms with van der Waals surface area (Å²) in [5, 5.41) is 29.9. The summed E-state index contributed by atoms with van der Waals surface area (Å²) >= 11 is 0. The van der Waals surface area contributed by atoms with Crippen LogP contribution in [-0.4, -0.2) is 85.9 Å². The van der Waals surface area contributed by atoms with Gasteiger partial charge in [0.2, 0.25) is 5.95 Å². The van der Waals surface area contributed by atoms with Crippen LogP contribution in [0.5, 0.6) is 0 Å². The van der Waals surface area contributed by atoms with Gasteiger partial charge in [-0.3, -0.25) is 4.57 Å². The molecule has 0 saturated carbocycles. The van der Waals surface area contributed by atoms with Crippen LogP contribution in [-0.2, 0) is 4.74 Å². The van der Waals surface area contributed by atoms with Crippen LogP contribution in [0.2, 0.25) is 0 Å². The van der Waals surface area contributed by atoms with Gasteiger partial charge in [0, 0.05) is 31.9 Å². The summed E-state index contributed by atoms with van der Waals surface area (Å²) in [6.45, 7) is 4.79. The highest BCUT2D eigenvalue weighted by atomic mass is 16.6. The summed E-state index contributed by atoms with van der Waals surface area (Å²) in [5.74, 6) is 0.712. The van der Waals surface area contributed by atoms with E-state index < -0.39 is 31.1 Å². The lowest BCUT2D eigenvalue weighted by Crippen LogP contribution is -2.47. The van der Waals surface area contributed by atoms with Crippen molar-refractivity contribution in [2.75, 3.05) is 48.3 Å². The minimum atomic E-state index is -1.23. The summed E-state index contributed by atoms with van der Waals surface area (Å²) in [6, 6.07) is 8.49. The number of anilines is 3. The monoisotopic (exact) mass is 441 g/mol. The van der Waals surface area contributed by atoms with E-state index in [-0.39, 0.29) is 5.95 Å². The van der Waals surface area contributed by atoms with E-state index in [4.69, 9.17) is 10.5 Å². The van der Waals surface area contributed by atoms with Crippen LogP contribution in [0.25, 0.3) is 11.2 Å². The van der Waals surface area contributed by atoms with E-state index in [1.54, 1.807) is 0 Å². The lowest BCUT2D eigenvalue weighted by molar-refractivity contribution is -0.0511. The van der Waals surface area contributed by atoms with Crippen LogP contribution in [0.3, 0.4) is 0 Å². The Bertz CT molecular complexity index is 1100. The lowest BCUT2D eigenvalue weighted by Gasteiger charge is -2.36. The first-order valence-corrected chi connectivity index (χ1v) is 10.7. The second kappa shape index (κ2) is 8.17. The molecular weight excluding hydrogens is 414 g/mol. The fourth-order valence-corrected chi connectivity index (χ4v) is 4.37.